The van der Waals surface area contributed by atoms with Gasteiger partial charge in [-0.15, -0.1) is 0 Å². The zero-order valence-corrected chi connectivity index (χ0v) is 10.6. The number of aliphatic carboxylic acids is 1. The van der Waals surface area contributed by atoms with Gasteiger partial charge in [0.1, 0.15) is 0 Å². The number of hydrogen-bond acceptors (Lipinski definition) is 3. The molecule has 1 aliphatic heterocycles. The molecule has 1 saturated heterocycles. The van der Waals surface area contributed by atoms with Crippen LogP contribution in [0.1, 0.15) is 39.0 Å². The molecule has 0 aromatic heterocycles. The Morgan fingerprint density at radius 2 is 1.83 bits per heavy atom. The highest BCUT2D eigenvalue weighted by Crippen LogP contribution is 2.12. The Labute approximate surface area is 106 Å². The SMILES string of the molecule is CCC(=O)NC1CCN(C(=O)CCC(=O)O)CC1. The van der Waals surface area contributed by atoms with Crippen molar-refractivity contribution in [3.63, 3.8) is 0 Å². The van der Waals surface area contributed by atoms with Crippen molar-refractivity contribution >= 4 is 17.8 Å². The third-order valence-electron chi connectivity index (χ3n) is 3.09. The molecule has 0 bridgehead atoms. The molecule has 0 aromatic carbocycles. The summed E-state index contributed by atoms with van der Waals surface area (Å²) >= 11 is 0. The molecule has 6 nitrogen and oxygen atoms in total. The largest absolute Gasteiger partial charge is 0.481 e. The van der Waals surface area contributed by atoms with Crippen LogP contribution in [0, 0.1) is 0 Å². The van der Waals surface area contributed by atoms with Gasteiger partial charge in [0.15, 0.2) is 0 Å². The summed E-state index contributed by atoms with van der Waals surface area (Å²) in [6.07, 6.45) is 1.89. The fourth-order valence-electron chi connectivity index (χ4n) is 1.97. The summed E-state index contributed by atoms with van der Waals surface area (Å²) in [6, 6.07) is 0.140. The molecule has 1 rings (SSSR count). The lowest BCUT2D eigenvalue weighted by atomic mass is 10.0. The second-order valence-electron chi connectivity index (χ2n) is 4.47. The summed E-state index contributed by atoms with van der Waals surface area (Å²) in [4.78, 5) is 34.9. The van der Waals surface area contributed by atoms with Crippen LogP contribution in [0.5, 0.6) is 0 Å². The number of carbonyl (C=O) groups excluding carboxylic acids is 2. The van der Waals surface area contributed by atoms with Crippen LogP contribution in [-0.2, 0) is 14.4 Å². The van der Waals surface area contributed by atoms with E-state index in [1.807, 2.05) is 0 Å². The minimum Gasteiger partial charge on any atom is -0.481 e. The summed E-state index contributed by atoms with van der Waals surface area (Å²) in [7, 11) is 0. The third kappa shape index (κ3) is 4.73. The van der Waals surface area contributed by atoms with E-state index in [1.165, 1.54) is 0 Å². The summed E-state index contributed by atoms with van der Waals surface area (Å²) in [5.41, 5.74) is 0. The zero-order chi connectivity index (χ0) is 13.5. The lowest BCUT2D eigenvalue weighted by molar-refractivity contribution is -0.141. The van der Waals surface area contributed by atoms with Crippen molar-refractivity contribution in [2.45, 2.75) is 45.1 Å². The van der Waals surface area contributed by atoms with Gasteiger partial charge in [0.25, 0.3) is 0 Å². The highest BCUT2D eigenvalue weighted by molar-refractivity contribution is 5.81. The van der Waals surface area contributed by atoms with Gasteiger partial charge < -0.3 is 15.3 Å². The van der Waals surface area contributed by atoms with Crippen LogP contribution in [-0.4, -0.2) is 46.9 Å². The van der Waals surface area contributed by atoms with Gasteiger partial charge in [-0.05, 0) is 12.8 Å². The Balaban J connectivity index is 2.28. The molecule has 0 radical (unpaired) electrons. The average Bonchev–Trinajstić information content (AvgIpc) is 2.36. The number of amides is 2. The fraction of sp³-hybridized carbons (Fsp3) is 0.750. The number of likely N-dealkylation sites (tertiary alicyclic amines) is 1. The van der Waals surface area contributed by atoms with Crippen LogP contribution in [0.4, 0.5) is 0 Å². The molecule has 2 N–H and O–H groups in total. The molecule has 1 heterocycles. The van der Waals surface area contributed by atoms with Crippen molar-refractivity contribution in [1.82, 2.24) is 10.2 Å². The number of carbonyl (C=O) groups is 3. The molecule has 0 atom stereocenters. The molecule has 0 spiro atoms. The summed E-state index contributed by atoms with van der Waals surface area (Å²) in [5, 5.41) is 11.4. The minimum absolute atomic E-state index is 0.0330. The van der Waals surface area contributed by atoms with E-state index in [-0.39, 0.29) is 30.7 Å². The number of carboxylic acids is 1. The van der Waals surface area contributed by atoms with Crippen LogP contribution < -0.4 is 5.32 Å². The van der Waals surface area contributed by atoms with Crippen molar-refractivity contribution in [2.24, 2.45) is 0 Å². The van der Waals surface area contributed by atoms with Gasteiger partial charge in [-0.2, -0.15) is 0 Å². The zero-order valence-electron chi connectivity index (χ0n) is 10.6. The van der Waals surface area contributed by atoms with E-state index in [2.05, 4.69) is 5.32 Å². The molecular weight excluding hydrogens is 236 g/mol. The molecular formula is C12H20N2O4. The topological polar surface area (TPSA) is 86.7 Å². The fourth-order valence-corrected chi connectivity index (χ4v) is 1.97. The van der Waals surface area contributed by atoms with E-state index in [0.717, 1.165) is 12.8 Å². The van der Waals surface area contributed by atoms with E-state index in [4.69, 9.17) is 5.11 Å². The van der Waals surface area contributed by atoms with Crippen LogP contribution in [0.2, 0.25) is 0 Å². The van der Waals surface area contributed by atoms with Crippen molar-refractivity contribution in [1.29, 1.82) is 0 Å². The first-order chi connectivity index (χ1) is 8.52. The van der Waals surface area contributed by atoms with E-state index >= 15 is 0 Å². The van der Waals surface area contributed by atoms with Crippen LogP contribution in [0.25, 0.3) is 0 Å². The molecule has 0 aliphatic carbocycles. The van der Waals surface area contributed by atoms with Crippen molar-refractivity contribution < 1.29 is 19.5 Å². The van der Waals surface area contributed by atoms with Gasteiger partial charge in [-0.3, -0.25) is 14.4 Å². The predicted octanol–water partition coefficient (Wildman–Crippen LogP) is 0.368. The quantitative estimate of drug-likeness (QED) is 0.744. The first kappa shape index (κ1) is 14.5. The highest BCUT2D eigenvalue weighted by atomic mass is 16.4. The lowest BCUT2D eigenvalue weighted by Crippen LogP contribution is -2.46. The van der Waals surface area contributed by atoms with Crippen LogP contribution in [0.15, 0.2) is 0 Å². The number of piperidine rings is 1. The van der Waals surface area contributed by atoms with E-state index < -0.39 is 5.97 Å². The normalized spacial score (nSPS) is 16.4. The van der Waals surface area contributed by atoms with Crippen molar-refractivity contribution in [2.75, 3.05) is 13.1 Å². The standard InChI is InChI=1S/C12H20N2O4/c1-2-10(15)13-9-5-7-14(8-6-9)11(16)3-4-12(17)18/h9H,2-8H2,1H3,(H,13,15)(H,17,18). The lowest BCUT2D eigenvalue weighted by Gasteiger charge is -2.32. The van der Waals surface area contributed by atoms with E-state index in [9.17, 15) is 14.4 Å². The monoisotopic (exact) mass is 256 g/mol. The number of nitrogens with one attached hydrogen (secondary N) is 1. The van der Waals surface area contributed by atoms with Crippen molar-refractivity contribution in [3.05, 3.63) is 0 Å². The maximum absolute atomic E-state index is 11.7. The van der Waals surface area contributed by atoms with E-state index in [0.29, 0.717) is 19.5 Å². The molecule has 1 fully saturated rings. The maximum atomic E-state index is 11.7. The van der Waals surface area contributed by atoms with Gasteiger partial charge in [-0.1, -0.05) is 6.92 Å². The maximum Gasteiger partial charge on any atom is 0.303 e. The number of carboxylic acid groups (broad SMARTS) is 1. The molecule has 0 unspecified atom stereocenters. The number of hydrogen-bond donors (Lipinski definition) is 2. The predicted molar refractivity (Wildman–Crippen MR) is 64.9 cm³/mol. The van der Waals surface area contributed by atoms with Gasteiger partial charge in [-0.25, -0.2) is 0 Å². The third-order valence-corrected chi connectivity index (χ3v) is 3.09. The number of rotatable bonds is 5. The molecule has 0 saturated carbocycles. The van der Waals surface area contributed by atoms with Gasteiger partial charge in [0.2, 0.25) is 11.8 Å². The van der Waals surface area contributed by atoms with Gasteiger partial charge in [0, 0.05) is 32.0 Å². The second-order valence-corrected chi connectivity index (χ2v) is 4.47. The first-order valence-electron chi connectivity index (χ1n) is 6.31. The van der Waals surface area contributed by atoms with Crippen LogP contribution >= 0.6 is 0 Å². The minimum atomic E-state index is -0.951. The van der Waals surface area contributed by atoms with Gasteiger partial charge >= 0.3 is 5.97 Å². The molecule has 18 heavy (non-hydrogen) atoms. The smallest absolute Gasteiger partial charge is 0.303 e. The average molecular weight is 256 g/mol. The Morgan fingerprint density at radius 3 is 2.33 bits per heavy atom. The molecule has 0 aromatic rings. The molecule has 1 aliphatic rings. The first-order valence-corrected chi connectivity index (χ1v) is 6.31. The summed E-state index contributed by atoms with van der Waals surface area (Å²) in [6.45, 7) is 2.99. The molecule has 6 heteroatoms. The summed E-state index contributed by atoms with van der Waals surface area (Å²) in [5.74, 6) is -1.03. The van der Waals surface area contributed by atoms with Crippen molar-refractivity contribution in [3.8, 4) is 0 Å². The van der Waals surface area contributed by atoms with Gasteiger partial charge in [0.05, 0.1) is 6.42 Å². The summed E-state index contributed by atoms with van der Waals surface area (Å²) < 4.78 is 0. The van der Waals surface area contributed by atoms with E-state index in [1.54, 1.807) is 11.8 Å². The van der Waals surface area contributed by atoms with Crippen LogP contribution in [0.3, 0.4) is 0 Å². The molecule has 102 valence electrons. The molecule has 2 amide bonds. The Kier molecular flexibility index (Phi) is 5.61. The highest BCUT2D eigenvalue weighted by Gasteiger charge is 2.23. The Hall–Kier alpha value is -1.59. The number of nitrogens with zero attached hydrogens (tertiary/aromatic N) is 1. The Morgan fingerprint density at radius 1 is 1.22 bits per heavy atom. The Bertz CT molecular complexity index is 322. The second kappa shape index (κ2) is 6.98.